The Balaban J connectivity index is 0.000000440. The predicted octanol–water partition coefficient (Wildman–Crippen LogP) is 3.15. The monoisotopic (exact) mass is 658 g/mol. The van der Waals surface area contributed by atoms with E-state index in [0.717, 1.165) is 22.2 Å². The molecular weight excluding hydrogens is 630 g/mol. The highest BCUT2D eigenvalue weighted by molar-refractivity contribution is 5.90. The summed E-state index contributed by atoms with van der Waals surface area (Å²) < 4.78 is 63.5. The van der Waals surface area contributed by atoms with E-state index in [1.54, 1.807) is 12.4 Å². The summed E-state index contributed by atoms with van der Waals surface area (Å²) in [4.78, 5) is 52.6. The number of hydrogen-bond acceptors (Lipinski definition) is 7. The van der Waals surface area contributed by atoms with Gasteiger partial charge in [0.25, 0.3) is 0 Å². The molecule has 248 valence electrons. The third kappa shape index (κ3) is 11.4. The zero-order valence-electron chi connectivity index (χ0n) is 23.7. The second-order valence-corrected chi connectivity index (χ2v) is 9.78. The van der Waals surface area contributed by atoms with E-state index in [2.05, 4.69) is 21.4 Å². The summed E-state index contributed by atoms with van der Waals surface area (Å²) in [5, 5.41) is 27.5. The van der Waals surface area contributed by atoms with E-state index in [0.29, 0.717) is 25.8 Å². The number of amides is 2. The zero-order valence-corrected chi connectivity index (χ0v) is 23.7. The smallest absolute Gasteiger partial charge is 0.475 e. The standard InChI is InChI=1S/C24H26N6O2.2C2HF3O2/c25-12-17-10-22(23(31)28-14-19-11-18-13-27-9-8-21(18)29-19)30(15-17)24(32)20(26)7-6-16-4-2-1-3-5-16;2*3-2(4,5)1(6)7/h1-5,8-9,11,13,17,20,22,29H,6-7,10,14-15,26H2,(H,28,31);2*(H,6,7)/t17-,20?,22+;;/m1../s1. The van der Waals surface area contributed by atoms with Gasteiger partial charge in [-0.25, -0.2) is 9.59 Å². The maximum absolute atomic E-state index is 13.0. The van der Waals surface area contributed by atoms with Crippen LogP contribution in [0.15, 0.2) is 54.9 Å². The highest BCUT2D eigenvalue weighted by Gasteiger charge is 2.41. The molecule has 18 heteroatoms. The Morgan fingerprint density at radius 1 is 1.07 bits per heavy atom. The molecule has 1 aliphatic heterocycles. The van der Waals surface area contributed by atoms with E-state index in [9.17, 15) is 41.2 Å². The van der Waals surface area contributed by atoms with Gasteiger partial charge in [-0.2, -0.15) is 31.6 Å². The number of rotatable bonds is 7. The first-order valence-electron chi connectivity index (χ1n) is 13.2. The number of nitrogens with two attached hydrogens (primary N) is 1. The quantitative estimate of drug-likeness (QED) is 0.236. The fraction of sp³-hybridized carbons (Fsp3) is 0.357. The summed E-state index contributed by atoms with van der Waals surface area (Å²) in [6.07, 6.45) is -5.24. The van der Waals surface area contributed by atoms with Crippen molar-refractivity contribution in [2.24, 2.45) is 11.7 Å². The van der Waals surface area contributed by atoms with Crippen LogP contribution in [0, 0.1) is 17.2 Å². The van der Waals surface area contributed by atoms with Crippen LogP contribution in [0.25, 0.3) is 10.9 Å². The minimum Gasteiger partial charge on any atom is -0.475 e. The number of aliphatic carboxylic acids is 2. The van der Waals surface area contributed by atoms with Gasteiger partial charge in [-0.1, -0.05) is 30.3 Å². The van der Waals surface area contributed by atoms with Crippen LogP contribution in [0.1, 0.15) is 24.1 Å². The van der Waals surface area contributed by atoms with Crippen molar-refractivity contribution in [3.05, 3.63) is 66.1 Å². The first-order chi connectivity index (χ1) is 21.4. The van der Waals surface area contributed by atoms with Gasteiger partial charge < -0.3 is 31.1 Å². The first-order valence-corrected chi connectivity index (χ1v) is 13.2. The number of carboxylic acids is 2. The summed E-state index contributed by atoms with van der Waals surface area (Å²) in [5.74, 6) is -6.45. The molecule has 6 N–H and O–H groups in total. The number of benzene rings is 1. The van der Waals surface area contributed by atoms with Crippen molar-refractivity contribution in [1.29, 1.82) is 5.26 Å². The lowest BCUT2D eigenvalue weighted by atomic mass is 10.0. The number of carboxylic acid groups (broad SMARTS) is 2. The van der Waals surface area contributed by atoms with Gasteiger partial charge in [0, 0.05) is 35.5 Å². The summed E-state index contributed by atoms with van der Waals surface area (Å²) in [5.41, 5.74) is 9.07. The number of carbonyl (C=O) groups is 4. The molecule has 0 radical (unpaired) electrons. The molecular formula is C28H28F6N6O6. The van der Waals surface area contributed by atoms with Crippen molar-refractivity contribution in [3.8, 4) is 6.07 Å². The number of aromatic nitrogens is 2. The number of alkyl halides is 6. The number of halogens is 6. The molecule has 46 heavy (non-hydrogen) atoms. The molecule has 1 fully saturated rings. The van der Waals surface area contributed by atoms with Crippen LogP contribution in [-0.2, 0) is 32.1 Å². The van der Waals surface area contributed by atoms with Gasteiger partial charge in [-0.05, 0) is 37.0 Å². The van der Waals surface area contributed by atoms with Crippen LogP contribution in [0.4, 0.5) is 26.3 Å². The van der Waals surface area contributed by atoms with Gasteiger partial charge in [-0.3, -0.25) is 14.6 Å². The lowest BCUT2D eigenvalue weighted by Crippen LogP contribution is -2.51. The molecule has 0 spiro atoms. The van der Waals surface area contributed by atoms with Crippen molar-refractivity contribution < 1.29 is 55.7 Å². The van der Waals surface area contributed by atoms with Gasteiger partial charge >= 0.3 is 24.3 Å². The average molecular weight is 659 g/mol. The van der Waals surface area contributed by atoms with E-state index >= 15 is 0 Å². The fourth-order valence-electron chi connectivity index (χ4n) is 4.15. The number of likely N-dealkylation sites (tertiary alicyclic amines) is 1. The van der Waals surface area contributed by atoms with Crippen LogP contribution in [-0.4, -0.2) is 79.8 Å². The van der Waals surface area contributed by atoms with Crippen LogP contribution in [0.3, 0.4) is 0 Å². The molecule has 3 aromatic rings. The Labute approximate surface area is 256 Å². The minimum atomic E-state index is -5.08. The number of pyridine rings is 1. The Morgan fingerprint density at radius 2 is 1.65 bits per heavy atom. The molecule has 1 aromatic carbocycles. The third-order valence-electron chi connectivity index (χ3n) is 6.39. The maximum atomic E-state index is 13.0. The number of nitrogens with zero attached hydrogens (tertiary/aromatic N) is 3. The topological polar surface area (TPSA) is 202 Å². The molecule has 3 heterocycles. The van der Waals surface area contributed by atoms with Gasteiger partial charge in [0.05, 0.1) is 24.6 Å². The minimum absolute atomic E-state index is 0.227. The van der Waals surface area contributed by atoms with Gasteiger partial charge in [0.1, 0.15) is 6.04 Å². The Hall–Kier alpha value is -5.18. The van der Waals surface area contributed by atoms with E-state index in [1.165, 1.54) is 4.90 Å². The number of nitrogens with one attached hydrogen (secondary N) is 2. The largest absolute Gasteiger partial charge is 0.490 e. The molecule has 0 bridgehead atoms. The highest BCUT2D eigenvalue weighted by Crippen LogP contribution is 2.25. The van der Waals surface area contributed by atoms with Gasteiger partial charge in [0.2, 0.25) is 11.8 Å². The van der Waals surface area contributed by atoms with Crippen molar-refractivity contribution in [2.45, 2.75) is 50.2 Å². The molecule has 12 nitrogen and oxygen atoms in total. The Morgan fingerprint density at radius 3 is 2.17 bits per heavy atom. The molecule has 1 saturated heterocycles. The number of aromatic amines is 1. The van der Waals surface area contributed by atoms with Crippen molar-refractivity contribution in [1.82, 2.24) is 20.2 Å². The van der Waals surface area contributed by atoms with E-state index in [1.807, 2.05) is 42.5 Å². The van der Waals surface area contributed by atoms with Crippen LogP contribution in [0.2, 0.25) is 0 Å². The average Bonchev–Trinajstić information content (AvgIpc) is 3.63. The van der Waals surface area contributed by atoms with Gasteiger partial charge in [-0.15, -0.1) is 0 Å². The Bertz CT molecular complexity index is 1480. The summed E-state index contributed by atoms with van der Waals surface area (Å²) in [6, 6.07) is 14.4. The summed E-state index contributed by atoms with van der Waals surface area (Å²) in [7, 11) is 0. The van der Waals surface area contributed by atoms with E-state index in [-0.39, 0.29) is 24.3 Å². The zero-order chi connectivity index (χ0) is 34.7. The second-order valence-electron chi connectivity index (χ2n) is 9.78. The Kier molecular flexibility index (Phi) is 13.1. The molecule has 3 atom stereocenters. The molecule has 1 aliphatic rings. The lowest BCUT2D eigenvalue weighted by molar-refractivity contribution is -0.193. The highest BCUT2D eigenvalue weighted by atomic mass is 19.4. The van der Waals surface area contributed by atoms with E-state index < -0.39 is 36.4 Å². The fourth-order valence-corrected chi connectivity index (χ4v) is 4.15. The number of hydrogen-bond donors (Lipinski definition) is 5. The predicted molar refractivity (Wildman–Crippen MR) is 147 cm³/mol. The molecule has 4 rings (SSSR count). The van der Waals surface area contributed by atoms with Crippen molar-refractivity contribution in [3.63, 3.8) is 0 Å². The van der Waals surface area contributed by atoms with Crippen LogP contribution in [0.5, 0.6) is 0 Å². The van der Waals surface area contributed by atoms with Crippen LogP contribution < -0.4 is 11.1 Å². The molecule has 1 unspecified atom stereocenters. The summed E-state index contributed by atoms with van der Waals surface area (Å²) >= 11 is 0. The van der Waals surface area contributed by atoms with E-state index in [4.69, 9.17) is 25.5 Å². The summed E-state index contributed by atoms with van der Waals surface area (Å²) in [6.45, 7) is 0.522. The number of aryl methyl sites for hydroxylation is 1. The second kappa shape index (κ2) is 16.2. The number of H-pyrrole nitrogens is 1. The number of carbonyl (C=O) groups excluding carboxylic acids is 2. The third-order valence-corrected chi connectivity index (χ3v) is 6.39. The normalized spacial score (nSPS) is 16.6. The lowest BCUT2D eigenvalue weighted by Gasteiger charge is -2.26. The van der Waals surface area contributed by atoms with Crippen LogP contribution >= 0.6 is 0 Å². The molecule has 0 aliphatic carbocycles. The van der Waals surface area contributed by atoms with Crippen molar-refractivity contribution in [2.75, 3.05) is 6.54 Å². The maximum Gasteiger partial charge on any atom is 0.490 e. The first kappa shape index (κ1) is 37.0. The van der Waals surface area contributed by atoms with Crippen molar-refractivity contribution >= 4 is 34.7 Å². The SMILES string of the molecule is N#C[C@H]1C[C@@H](C(=O)NCc2cc3cnccc3[nH]2)N(C(=O)C(N)CCc2ccccc2)C1.O=C(O)C(F)(F)F.O=C(O)C(F)(F)F. The van der Waals surface area contributed by atoms with Gasteiger partial charge in [0.15, 0.2) is 0 Å². The number of nitriles is 1. The number of fused-ring (bicyclic) bond motifs is 1. The molecule has 0 saturated carbocycles. The molecule has 2 aromatic heterocycles. The molecule has 2 amide bonds.